The number of benzene rings is 1. The van der Waals surface area contributed by atoms with E-state index in [1.165, 1.54) is 24.3 Å². The van der Waals surface area contributed by atoms with E-state index in [1.807, 2.05) is 0 Å². The predicted octanol–water partition coefficient (Wildman–Crippen LogP) is 1.37. The number of nitrogens with zero attached hydrogens (tertiary/aromatic N) is 2. The van der Waals surface area contributed by atoms with E-state index in [4.69, 9.17) is 4.42 Å². The van der Waals surface area contributed by atoms with Crippen LogP contribution < -0.4 is 16.6 Å². The molecule has 2 aromatic rings. The molecule has 1 saturated carbocycles. The average Bonchev–Trinajstić information content (AvgIpc) is 3.01. The molecule has 9 heteroatoms. The number of halogens is 1. The summed E-state index contributed by atoms with van der Waals surface area (Å²) in [4.78, 5) is 35.7. The van der Waals surface area contributed by atoms with Crippen molar-refractivity contribution in [2.24, 2.45) is 5.92 Å². The highest BCUT2D eigenvalue weighted by molar-refractivity contribution is 5.83. The van der Waals surface area contributed by atoms with Gasteiger partial charge >= 0.3 is 5.76 Å². The molecule has 1 aliphatic rings. The third-order valence-corrected chi connectivity index (χ3v) is 4.29. The van der Waals surface area contributed by atoms with E-state index < -0.39 is 24.0 Å². The Morgan fingerprint density at radius 1 is 1.15 bits per heavy atom. The maximum absolute atomic E-state index is 12.9. The smallest absolute Gasteiger partial charge is 0.388 e. The van der Waals surface area contributed by atoms with E-state index in [2.05, 4.69) is 16.0 Å². The van der Waals surface area contributed by atoms with Crippen molar-refractivity contribution in [3.63, 3.8) is 0 Å². The first-order chi connectivity index (χ1) is 12.5. The van der Waals surface area contributed by atoms with Crippen molar-refractivity contribution >= 4 is 11.8 Å². The number of rotatable bonds is 4. The first-order valence-electron chi connectivity index (χ1n) is 8.45. The van der Waals surface area contributed by atoms with Crippen LogP contribution in [0.2, 0.25) is 0 Å². The van der Waals surface area contributed by atoms with Crippen LogP contribution in [0.1, 0.15) is 32.1 Å². The van der Waals surface area contributed by atoms with Crippen molar-refractivity contribution < 1.29 is 18.4 Å². The highest BCUT2D eigenvalue weighted by Crippen LogP contribution is 2.23. The molecule has 1 heterocycles. The van der Waals surface area contributed by atoms with Gasteiger partial charge in [0.05, 0.1) is 0 Å². The number of hydrazine groups is 1. The van der Waals surface area contributed by atoms with Gasteiger partial charge in [0.25, 0.3) is 5.91 Å². The molecule has 1 aromatic carbocycles. The van der Waals surface area contributed by atoms with Crippen LogP contribution in [-0.4, -0.2) is 21.6 Å². The minimum Gasteiger partial charge on any atom is -0.388 e. The average molecular weight is 362 g/mol. The molecule has 0 atom stereocenters. The van der Waals surface area contributed by atoms with Gasteiger partial charge in [-0.1, -0.05) is 19.3 Å². The SMILES string of the molecule is O=C(Cn1nc(-c2ccc(F)cc2)oc1=O)NNC(=O)C1CCCCC1. The monoisotopic (exact) mass is 362 g/mol. The fraction of sp³-hybridized carbons (Fsp3) is 0.412. The van der Waals surface area contributed by atoms with Crippen LogP contribution in [0.4, 0.5) is 4.39 Å². The summed E-state index contributed by atoms with van der Waals surface area (Å²) >= 11 is 0. The summed E-state index contributed by atoms with van der Waals surface area (Å²) in [6.07, 6.45) is 4.76. The Morgan fingerprint density at radius 2 is 1.85 bits per heavy atom. The number of carbonyl (C=O) groups is 2. The Bertz CT molecular complexity index is 837. The molecule has 1 fully saturated rings. The van der Waals surface area contributed by atoms with E-state index >= 15 is 0 Å². The van der Waals surface area contributed by atoms with E-state index in [0.717, 1.165) is 36.8 Å². The third kappa shape index (κ3) is 4.35. The lowest BCUT2D eigenvalue weighted by Crippen LogP contribution is -2.46. The molecule has 0 spiro atoms. The van der Waals surface area contributed by atoms with Crippen LogP contribution in [0.15, 0.2) is 33.5 Å². The fourth-order valence-corrected chi connectivity index (χ4v) is 2.89. The van der Waals surface area contributed by atoms with Gasteiger partial charge in [-0.05, 0) is 37.1 Å². The maximum atomic E-state index is 12.9. The van der Waals surface area contributed by atoms with E-state index in [-0.39, 0.29) is 17.7 Å². The first-order valence-corrected chi connectivity index (χ1v) is 8.45. The molecule has 2 amide bonds. The second-order valence-electron chi connectivity index (χ2n) is 6.21. The Kier molecular flexibility index (Phi) is 5.45. The van der Waals surface area contributed by atoms with Gasteiger partial charge in [-0.2, -0.15) is 4.68 Å². The summed E-state index contributed by atoms with van der Waals surface area (Å²) in [5.74, 6) is -2.19. The zero-order valence-corrected chi connectivity index (χ0v) is 14.0. The largest absolute Gasteiger partial charge is 0.437 e. The minimum absolute atomic E-state index is 0.0194. The Labute approximate surface area is 148 Å². The highest BCUT2D eigenvalue weighted by atomic mass is 19.1. The Morgan fingerprint density at radius 3 is 2.54 bits per heavy atom. The van der Waals surface area contributed by atoms with Gasteiger partial charge in [-0.15, -0.1) is 5.10 Å². The summed E-state index contributed by atoms with van der Waals surface area (Å²) in [5, 5.41) is 3.91. The van der Waals surface area contributed by atoms with Gasteiger partial charge in [-0.3, -0.25) is 20.4 Å². The van der Waals surface area contributed by atoms with Gasteiger partial charge in [0.15, 0.2) is 0 Å². The predicted molar refractivity (Wildman–Crippen MR) is 89.0 cm³/mol. The second kappa shape index (κ2) is 7.94. The summed E-state index contributed by atoms with van der Waals surface area (Å²) in [5.41, 5.74) is 5.08. The number of aromatic nitrogens is 2. The first kappa shape index (κ1) is 17.8. The number of nitrogens with one attached hydrogen (secondary N) is 2. The molecular formula is C17H19FN4O4. The molecule has 0 saturated heterocycles. The molecule has 26 heavy (non-hydrogen) atoms. The molecule has 1 aromatic heterocycles. The summed E-state index contributed by atoms with van der Waals surface area (Å²) in [7, 11) is 0. The summed E-state index contributed by atoms with van der Waals surface area (Å²) < 4.78 is 18.7. The molecule has 3 rings (SSSR count). The van der Waals surface area contributed by atoms with Crippen LogP contribution in [0.5, 0.6) is 0 Å². The van der Waals surface area contributed by atoms with Crippen LogP contribution >= 0.6 is 0 Å². The van der Waals surface area contributed by atoms with Crippen LogP contribution in [-0.2, 0) is 16.1 Å². The van der Waals surface area contributed by atoms with Crippen molar-refractivity contribution in [1.29, 1.82) is 0 Å². The molecular weight excluding hydrogens is 343 g/mol. The van der Waals surface area contributed by atoms with E-state index in [1.54, 1.807) is 0 Å². The maximum Gasteiger partial charge on any atom is 0.437 e. The minimum atomic E-state index is -0.821. The van der Waals surface area contributed by atoms with Gasteiger partial charge in [0.1, 0.15) is 12.4 Å². The van der Waals surface area contributed by atoms with Crippen molar-refractivity contribution in [1.82, 2.24) is 20.6 Å². The van der Waals surface area contributed by atoms with Crippen molar-refractivity contribution in [2.45, 2.75) is 38.6 Å². The quantitative estimate of drug-likeness (QED) is 0.799. The van der Waals surface area contributed by atoms with Gasteiger partial charge in [0, 0.05) is 11.5 Å². The van der Waals surface area contributed by atoms with E-state index in [0.29, 0.717) is 5.56 Å². The Hall–Kier alpha value is -2.97. The van der Waals surface area contributed by atoms with Gasteiger partial charge in [0.2, 0.25) is 11.8 Å². The number of carbonyl (C=O) groups excluding carboxylic acids is 2. The lowest BCUT2D eigenvalue weighted by atomic mass is 9.89. The number of amides is 2. The molecule has 0 aliphatic heterocycles. The third-order valence-electron chi connectivity index (χ3n) is 4.29. The Balaban J connectivity index is 1.56. The van der Waals surface area contributed by atoms with Crippen LogP contribution in [0.3, 0.4) is 0 Å². The van der Waals surface area contributed by atoms with Crippen molar-refractivity contribution in [3.05, 3.63) is 40.6 Å². The standard InChI is InChI=1S/C17H19FN4O4/c18-13-8-6-12(7-9-13)16-21-22(17(25)26-16)10-14(23)19-20-15(24)11-4-2-1-3-5-11/h6-9,11H,1-5,10H2,(H,19,23)(H,20,24). The van der Waals surface area contributed by atoms with Crippen molar-refractivity contribution in [3.8, 4) is 11.5 Å². The molecule has 0 radical (unpaired) electrons. The van der Waals surface area contributed by atoms with E-state index in [9.17, 15) is 18.8 Å². The van der Waals surface area contributed by atoms with Gasteiger partial charge in [-0.25, -0.2) is 9.18 Å². The molecule has 0 unspecified atom stereocenters. The summed E-state index contributed by atoms with van der Waals surface area (Å²) in [6, 6.07) is 5.24. The molecule has 0 bridgehead atoms. The van der Waals surface area contributed by atoms with Crippen LogP contribution in [0.25, 0.3) is 11.5 Å². The van der Waals surface area contributed by atoms with Crippen LogP contribution in [0, 0.1) is 11.7 Å². The molecule has 8 nitrogen and oxygen atoms in total. The molecule has 2 N–H and O–H groups in total. The number of hydrogen-bond acceptors (Lipinski definition) is 5. The highest BCUT2D eigenvalue weighted by Gasteiger charge is 2.21. The lowest BCUT2D eigenvalue weighted by Gasteiger charge is -2.20. The zero-order valence-electron chi connectivity index (χ0n) is 14.0. The normalized spacial score (nSPS) is 14.8. The van der Waals surface area contributed by atoms with Crippen molar-refractivity contribution in [2.75, 3.05) is 0 Å². The molecule has 138 valence electrons. The zero-order chi connectivity index (χ0) is 18.5. The molecule has 1 aliphatic carbocycles. The lowest BCUT2D eigenvalue weighted by molar-refractivity contribution is -0.132. The number of hydrogen-bond donors (Lipinski definition) is 2. The van der Waals surface area contributed by atoms with Gasteiger partial charge < -0.3 is 4.42 Å². The fourth-order valence-electron chi connectivity index (χ4n) is 2.89. The topological polar surface area (TPSA) is 106 Å². The summed E-state index contributed by atoms with van der Waals surface area (Å²) in [6.45, 7) is -0.408. The second-order valence-corrected chi connectivity index (χ2v) is 6.21.